The Morgan fingerprint density at radius 1 is 1.40 bits per heavy atom. The molecule has 1 rings (SSSR count). The van der Waals surface area contributed by atoms with E-state index in [0.29, 0.717) is 32.1 Å². The van der Waals surface area contributed by atoms with Gasteiger partial charge in [-0.25, -0.2) is 0 Å². The summed E-state index contributed by atoms with van der Waals surface area (Å²) < 4.78 is 27.3. The van der Waals surface area contributed by atoms with Crippen LogP contribution >= 0.6 is 15.9 Å². The van der Waals surface area contributed by atoms with Crippen molar-refractivity contribution in [2.45, 2.75) is 20.3 Å². The predicted molar refractivity (Wildman–Crippen MR) is 65.3 cm³/mol. The molecule has 90 valence electrons. The van der Waals surface area contributed by atoms with Gasteiger partial charge in [-0.05, 0) is 12.3 Å². The van der Waals surface area contributed by atoms with E-state index in [0.717, 1.165) is 11.8 Å². The minimum Gasteiger partial charge on any atom is -0.195 e. The summed E-state index contributed by atoms with van der Waals surface area (Å²) in [6, 6.07) is 0. The molecular formula is C9H19BrN2O2S. The molecule has 0 aromatic heterocycles. The first kappa shape index (κ1) is 13.4. The van der Waals surface area contributed by atoms with Gasteiger partial charge in [-0.1, -0.05) is 29.8 Å². The molecule has 0 amide bonds. The minimum atomic E-state index is -3.20. The van der Waals surface area contributed by atoms with Gasteiger partial charge in [0.05, 0.1) is 0 Å². The third kappa shape index (κ3) is 2.93. The molecule has 0 N–H and O–H groups in total. The summed E-state index contributed by atoms with van der Waals surface area (Å²) in [7, 11) is -3.20. The molecule has 0 radical (unpaired) electrons. The number of alkyl halides is 1. The Hall–Kier alpha value is 0.350. The van der Waals surface area contributed by atoms with E-state index in [1.807, 2.05) is 13.8 Å². The van der Waals surface area contributed by atoms with Crippen LogP contribution in [0.25, 0.3) is 0 Å². The van der Waals surface area contributed by atoms with Crippen LogP contribution in [0.2, 0.25) is 0 Å². The monoisotopic (exact) mass is 298 g/mol. The molecule has 1 heterocycles. The van der Waals surface area contributed by atoms with Crippen LogP contribution in [0.15, 0.2) is 0 Å². The number of hydrogen-bond donors (Lipinski definition) is 0. The number of nitrogens with zero attached hydrogens (tertiary/aromatic N) is 2. The van der Waals surface area contributed by atoms with E-state index >= 15 is 0 Å². The molecule has 0 bridgehead atoms. The molecular weight excluding hydrogens is 280 g/mol. The van der Waals surface area contributed by atoms with Gasteiger partial charge < -0.3 is 0 Å². The van der Waals surface area contributed by atoms with Crippen LogP contribution < -0.4 is 0 Å². The smallest absolute Gasteiger partial charge is 0.195 e. The van der Waals surface area contributed by atoms with Crippen molar-refractivity contribution in [3.8, 4) is 0 Å². The van der Waals surface area contributed by atoms with E-state index in [1.165, 1.54) is 4.31 Å². The van der Waals surface area contributed by atoms with Gasteiger partial charge in [0, 0.05) is 31.5 Å². The Morgan fingerprint density at radius 2 is 2.00 bits per heavy atom. The van der Waals surface area contributed by atoms with Crippen LogP contribution in [0.5, 0.6) is 0 Å². The van der Waals surface area contributed by atoms with Gasteiger partial charge in [-0.2, -0.15) is 17.0 Å². The lowest BCUT2D eigenvalue weighted by Crippen LogP contribution is -2.42. The van der Waals surface area contributed by atoms with Crippen molar-refractivity contribution in [3.63, 3.8) is 0 Å². The molecule has 15 heavy (non-hydrogen) atoms. The standard InChI is InChI=1S/C9H19BrN2O2S/c1-3-11(4-2)15(13,14)12-6-5-9(7-10)8-12/h9H,3-8H2,1-2H3. The molecule has 0 spiro atoms. The fourth-order valence-corrected chi connectivity index (χ4v) is 4.09. The van der Waals surface area contributed by atoms with Gasteiger partial charge in [0.1, 0.15) is 0 Å². The third-order valence-corrected chi connectivity index (χ3v) is 5.89. The zero-order chi connectivity index (χ0) is 11.5. The summed E-state index contributed by atoms with van der Waals surface area (Å²) in [5, 5.41) is 0.886. The Kier molecular flexibility index (Phi) is 5.02. The van der Waals surface area contributed by atoms with Crippen molar-refractivity contribution >= 4 is 26.1 Å². The Labute approximate surface area is 101 Å². The maximum atomic E-state index is 12.1. The molecule has 1 saturated heterocycles. The summed E-state index contributed by atoms with van der Waals surface area (Å²) >= 11 is 3.41. The highest BCUT2D eigenvalue weighted by molar-refractivity contribution is 9.09. The molecule has 1 aliphatic heterocycles. The first-order valence-electron chi connectivity index (χ1n) is 5.37. The maximum Gasteiger partial charge on any atom is 0.281 e. The molecule has 4 nitrogen and oxygen atoms in total. The molecule has 1 atom stereocenters. The van der Waals surface area contributed by atoms with Gasteiger partial charge in [-0.15, -0.1) is 0 Å². The first-order chi connectivity index (χ1) is 7.06. The average molecular weight is 299 g/mol. The van der Waals surface area contributed by atoms with Crippen LogP contribution in [-0.2, 0) is 10.2 Å². The summed E-state index contributed by atoms with van der Waals surface area (Å²) in [4.78, 5) is 0. The lowest BCUT2D eigenvalue weighted by atomic mass is 10.2. The summed E-state index contributed by atoms with van der Waals surface area (Å²) in [6.45, 7) is 6.17. The number of halogens is 1. The van der Waals surface area contributed by atoms with Gasteiger partial charge in [0.25, 0.3) is 10.2 Å². The molecule has 6 heteroatoms. The zero-order valence-corrected chi connectivity index (χ0v) is 11.7. The Balaban J connectivity index is 2.71. The lowest BCUT2D eigenvalue weighted by Gasteiger charge is -2.25. The van der Waals surface area contributed by atoms with Crippen LogP contribution in [0.1, 0.15) is 20.3 Å². The lowest BCUT2D eigenvalue weighted by molar-refractivity contribution is 0.375. The molecule has 0 aromatic rings. The second-order valence-corrected chi connectivity index (χ2v) is 6.34. The number of hydrogen-bond acceptors (Lipinski definition) is 2. The van der Waals surface area contributed by atoms with Crippen molar-refractivity contribution in [2.24, 2.45) is 5.92 Å². The summed E-state index contributed by atoms with van der Waals surface area (Å²) in [6.07, 6.45) is 0.964. The van der Waals surface area contributed by atoms with E-state index in [9.17, 15) is 8.42 Å². The molecule has 1 unspecified atom stereocenters. The molecule has 0 aliphatic carbocycles. The van der Waals surface area contributed by atoms with Crippen LogP contribution in [0.4, 0.5) is 0 Å². The fourth-order valence-electron chi connectivity index (χ4n) is 1.85. The molecule has 0 saturated carbocycles. The highest BCUT2D eigenvalue weighted by atomic mass is 79.9. The van der Waals surface area contributed by atoms with Crippen molar-refractivity contribution in [3.05, 3.63) is 0 Å². The summed E-state index contributed by atoms with van der Waals surface area (Å²) in [5.41, 5.74) is 0. The third-order valence-electron chi connectivity index (χ3n) is 2.82. The van der Waals surface area contributed by atoms with Gasteiger partial charge >= 0.3 is 0 Å². The van der Waals surface area contributed by atoms with Crippen molar-refractivity contribution in [2.75, 3.05) is 31.5 Å². The first-order valence-corrected chi connectivity index (χ1v) is 7.89. The average Bonchev–Trinajstić information content (AvgIpc) is 2.67. The summed E-state index contributed by atoms with van der Waals surface area (Å²) in [5.74, 6) is 0.468. The zero-order valence-electron chi connectivity index (χ0n) is 9.32. The highest BCUT2D eigenvalue weighted by Crippen LogP contribution is 2.22. The fraction of sp³-hybridized carbons (Fsp3) is 1.00. The predicted octanol–water partition coefficient (Wildman–Crippen LogP) is 1.29. The normalized spacial score (nSPS) is 23.9. The van der Waals surface area contributed by atoms with E-state index in [-0.39, 0.29) is 0 Å². The Bertz CT molecular complexity index is 290. The van der Waals surface area contributed by atoms with Crippen molar-refractivity contribution < 1.29 is 8.42 Å². The van der Waals surface area contributed by atoms with Gasteiger partial charge in [0.2, 0.25) is 0 Å². The largest absolute Gasteiger partial charge is 0.281 e. The van der Waals surface area contributed by atoms with E-state index in [2.05, 4.69) is 15.9 Å². The highest BCUT2D eigenvalue weighted by Gasteiger charge is 2.33. The van der Waals surface area contributed by atoms with E-state index in [1.54, 1.807) is 4.31 Å². The second kappa shape index (κ2) is 5.61. The Morgan fingerprint density at radius 3 is 2.40 bits per heavy atom. The number of rotatable bonds is 5. The second-order valence-electron chi connectivity index (χ2n) is 3.76. The minimum absolute atomic E-state index is 0.468. The van der Waals surface area contributed by atoms with Gasteiger partial charge in [0.15, 0.2) is 0 Å². The van der Waals surface area contributed by atoms with Crippen molar-refractivity contribution in [1.29, 1.82) is 0 Å². The molecule has 1 fully saturated rings. The van der Waals surface area contributed by atoms with E-state index < -0.39 is 10.2 Å². The molecule has 0 aromatic carbocycles. The maximum absolute atomic E-state index is 12.1. The van der Waals surface area contributed by atoms with Crippen molar-refractivity contribution in [1.82, 2.24) is 8.61 Å². The SMILES string of the molecule is CCN(CC)S(=O)(=O)N1CCC(CBr)C1. The molecule has 1 aliphatic rings. The van der Waals surface area contributed by atoms with E-state index in [4.69, 9.17) is 0 Å². The van der Waals surface area contributed by atoms with Crippen LogP contribution in [-0.4, -0.2) is 48.5 Å². The quantitative estimate of drug-likeness (QED) is 0.718. The van der Waals surface area contributed by atoms with Crippen LogP contribution in [0, 0.1) is 5.92 Å². The van der Waals surface area contributed by atoms with Gasteiger partial charge in [-0.3, -0.25) is 0 Å². The van der Waals surface area contributed by atoms with Crippen LogP contribution in [0.3, 0.4) is 0 Å². The topological polar surface area (TPSA) is 40.6 Å².